The molecule has 0 aromatic rings. The Hall–Kier alpha value is -0.0800. The Balaban J connectivity index is 2.43. The molecule has 1 fully saturated rings. The Bertz CT molecular complexity index is 233. The largest absolute Gasteiger partial charge is 0.389 e. The first kappa shape index (κ1) is 15.0. The number of rotatable bonds is 5. The summed E-state index contributed by atoms with van der Waals surface area (Å²) in [4.78, 5) is 0. The summed E-state index contributed by atoms with van der Waals surface area (Å²) >= 11 is 0. The molecule has 0 saturated heterocycles. The summed E-state index contributed by atoms with van der Waals surface area (Å²) in [6.45, 7) is 12.0. The van der Waals surface area contributed by atoms with Crippen molar-refractivity contribution >= 4 is 0 Å². The van der Waals surface area contributed by atoms with Gasteiger partial charge in [0.25, 0.3) is 0 Å². The maximum absolute atomic E-state index is 10.3. The van der Waals surface area contributed by atoms with E-state index >= 15 is 0 Å². The SMILES string of the molecule is CCC(O)(CC)CNC1CCC(C)(C)CC1C. The van der Waals surface area contributed by atoms with E-state index in [1.54, 1.807) is 0 Å². The van der Waals surface area contributed by atoms with Crippen LogP contribution in [0.15, 0.2) is 0 Å². The van der Waals surface area contributed by atoms with Crippen LogP contribution in [-0.2, 0) is 0 Å². The van der Waals surface area contributed by atoms with Gasteiger partial charge in [0.15, 0.2) is 0 Å². The molecule has 1 rings (SSSR count). The molecule has 0 aromatic heterocycles. The molecule has 0 heterocycles. The Morgan fingerprint density at radius 2 is 1.88 bits per heavy atom. The van der Waals surface area contributed by atoms with Crippen LogP contribution in [0.25, 0.3) is 0 Å². The number of aliphatic hydroxyl groups is 1. The van der Waals surface area contributed by atoms with E-state index < -0.39 is 5.60 Å². The molecular weight excluding hydrogens is 210 g/mol. The normalized spacial score (nSPS) is 29.3. The highest BCUT2D eigenvalue weighted by molar-refractivity contribution is 4.89. The molecule has 2 nitrogen and oxygen atoms in total. The van der Waals surface area contributed by atoms with Crippen LogP contribution in [0.5, 0.6) is 0 Å². The number of hydrogen-bond donors (Lipinski definition) is 2. The molecule has 2 heteroatoms. The maximum atomic E-state index is 10.3. The van der Waals surface area contributed by atoms with Crippen molar-refractivity contribution < 1.29 is 5.11 Å². The molecule has 1 aliphatic carbocycles. The first-order valence-corrected chi connectivity index (χ1v) is 7.27. The van der Waals surface area contributed by atoms with Crippen LogP contribution in [0.1, 0.15) is 66.7 Å². The zero-order valence-corrected chi connectivity index (χ0v) is 12.3. The first-order valence-electron chi connectivity index (χ1n) is 7.27. The van der Waals surface area contributed by atoms with Crippen LogP contribution in [0.4, 0.5) is 0 Å². The summed E-state index contributed by atoms with van der Waals surface area (Å²) < 4.78 is 0. The first-order chi connectivity index (χ1) is 7.82. The Morgan fingerprint density at radius 3 is 2.35 bits per heavy atom. The molecule has 0 bridgehead atoms. The highest BCUT2D eigenvalue weighted by atomic mass is 16.3. The molecule has 1 aliphatic rings. The van der Waals surface area contributed by atoms with Gasteiger partial charge in [-0.15, -0.1) is 0 Å². The van der Waals surface area contributed by atoms with Gasteiger partial charge in [-0.05, 0) is 43.4 Å². The van der Waals surface area contributed by atoms with Gasteiger partial charge in [-0.3, -0.25) is 0 Å². The van der Waals surface area contributed by atoms with Crippen molar-refractivity contribution in [3.8, 4) is 0 Å². The predicted molar refractivity (Wildman–Crippen MR) is 74.1 cm³/mol. The second kappa shape index (κ2) is 5.71. The molecule has 17 heavy (non-hydrogen) atoms. The molecule has 0 amide bonds. The fourth-order valence-corrected chi connectivity index (χ4v) is 3.07. The summed E-state index contributed by atoms with van der Waals surface area (Å²) in [6.07, 6.45) is 5.51. The highest BCUT2D eigenvalue weighted by Crippen LogP contribution is 2.38. The summed E-state index contributed by atoms with van der Waals surface area (Å²) in [7, 11) is 0. The van der Waals surface area contributed by atoms with Crippen LogP contribution < -0.4 is 5.32 Å². The van der Waals surface area contributed by atoms with E-state index in [1.807, 2.05) is 0 Å². The molecule has 2 N–H and O–H groups in total. The monoisotopic (exact) mass is 241 g/mol. The topological polar surface area (TPSA) is 32.3 Å². The number of nitrogens with one attached hydrogen (secondary N) is 1. The van der Waals surface area contributed by atoms with Crippen molar-refractivity contribution in [2.75, 3.05) is 6.54 Å². The van der Waals surface area contributed by atoms with Gasteiger partial charge >= 0.3 is 0 Å². The van der Waals surface area contributed by atoms with Crippen molar-refractivity contribution in [2.45, 2.75) is 78.4 Å². The Labute approximate surface area is 107 Å². The molecule has 2 atom stereocenters. The van der Waals surface area contributed by atoms with Crippen LogP contribution in [0, 0.1) is 11.3 Å². The van der Waals surface area contributed by atoms with Crippen LogP contribution in [0.2, 0.25) is 0 Å². The van der Waals surface area contributed by atoms with Gasteiger partial charge in [0, 0.05) is 12.6 Å². The fourth-order valence-electron chi connectivity index (χ4n) is 3.07. The van der Waals surface area contributed by atoms with E-state index in [0.717, 1.165) is 25.3 Å². The van der Waals surface area contributed by atoms with Gasteiger partial charge in [-0.2, -0.15) is 0 Å². The zero-order chi connectivity index (χ0) is 13.1. The van der Waals surface area contributed by atoms with E-state index in [2.05, 4.69) is 39.9 Å². The molecule has 2 unspecified atom stereocenters. The van der Waals surface area contributed by atoms with Crippen LogP contribution in [-0.4, -0.2) is 23.3 Å². The molecule has 0 radical (unpaired) electrons. The summed E-state index contributed by atoms with van der Waals surface area (Å²) in [6, 6.07) is 0.590. The number of hydrogen-bond acceptors (Lipinski definition) is 2. The highest BCUT2D eigenvalue weighted by Gasteiger charge is 2.33. The van der Waals surface area contributed by atoms with Crippen molar-refractivity contribution in [3.63, 3.8) is 0 Å². The van der Waals surface area contributed by atoms with Gasteiger partial charge in [-0.1, -0.05) is 34.6 Å². The average Bonchev–Trinajstić information content (AvgIpc) is 2.26. The molecule has 102 valence electrons. The fraction of sp³-hybridized carbons (Fsp3) is 1.00. The lowest BCUT2D eigenvalue weighted by Gasteiger charge is -2.41. The molecule has 0 aliphatic heterocycles. The van der Waals surface area contributed by atoms with Gasteiger partial charge in [0.2, 0.25) is 0 Å². The van der Waals surface area contributed by atoms with E-state index in [4.69, 9.17) is 0 Å². The third-order valence-corrected chi connectivity index (χ3v) is 4.70. The summed E-state index contributed by atoms with van der Waals surface area (Å²) in [5.41, 5.74) is -0.00387. The van der Waals surface area contributed by atoms with Crippen molar-refractivity contribution in [3.05, 3.63) is 0 Å². The van der Waals surface area contributed by atoms with Crippen molar-refractivity contribution in [2.24, 2.45) is 11.3 Å². The molecule has 0 aromatic carbocycles. The summed E-state index contributed by atoms with van der Waals surface area (Å²) in [5, 5.41) is 13.9. The van der Waals surface area contributed by atoms with Gasteiger partial charge < -0.3 is 10.4 Å². The Kier molecular flexibility index (Phi) is 5.03. The standard InChI is InChI=1S/C15H31NO/c1-6-15(17,7-2)11-16-13-8-9-14(4,5)10-12(13)3/h12-13,16-17H,6-11H2,1-5H3. The second-order valence-electron chi connectivity index (χ2n) is 6.80. The lowest BCUT2D eigenvalue weighted by molar-refractivity contribution is 0.0232. The quantitative estimate of drug-likeness (QED) is 0.773. The van der Waals surface area contributed by atoms with Gasteiger partial charge in [0.05, 0.1) is 5.60 Å². The lowest BCUT2D eigenvalue weighted by atomic mass is 9.70. The minimum Gasteiger partial charge on any atom is -0.389 e. The van der Waals surface area contributed by atoms with Gasteiger partial charge in [-0.25, -0.2) is 0 Å². The predicted octanol–water partition coefficient (Wildman–Crippen LogP) is 3.34. The maximum Gasteiger partial charge on any atom is 0.0766 e. The van der Waals surface area contributed by atoms with Crippen molar-refractivity contribution in [1.29, 1.82) is 0 Å². The zero-order valence-electron chi connectivity index (χ0n) is 12.3. The van der Waals surface area contributed by atoms with Crippen molar-refractivity contribution in [1.82, 2.24) is 5.32 Å². The minimum atomic E-state index is -0.507. The molecule has 1 saturated carbocycles. The average molecular weight is 241 g/mol. The van der Waals surface area contributed by atoms with E-state index in [0.29, 0.717) is 11.5 Å². The van der Waals surface area contributed by atoms with E-state index in [9.17, 15) is 5.11 Å². The minimum absolute atomic E-state index is 0.503. The second-order valence-corrected chi connectivity index (χ2v) is 6.80. The van der Waals surface area contributed by atoms with E-state index in [-0.39, 0.29) is 0 Å². The molecule has 0 spiro atoms. The smallest absolute Gasteiger partial charge is 0.0766 e. The third kappa shape index (κ3) is 4.26. The summed E-state index contributed by atoms with van der Waals surface area (Å²) in [5.74, 6) is 0.719. The molecular formula is C15H31NO. The van der Waals surface area contributed by atoms with Gasteiger partial charge in [0.1, 0.15) is 0 Å². The van der Waals surface area contributed by atoms with Crippen LogP contribution in [0.3, 0.4) is 0 Å². The third-order valence-electron chi connectivity index (χ3n) is 4.70. The Morgan fingerprint density at radius 1 is 1.29 bits per heavy atom. The van der Waals surface area contributed by atoms with Crippen LogP contribution >= 0.6 is 0 Å². The lowest BCUT2D eigenvalue weighted by Crippen LogP contribution is -2.48. The van der Waals surface area contributed by atoms with E-state index in [1.165, 1.54) is 19.3 Å².